The van der Waals surface area contributed by atoms with E-state index < -0.39 is 0 Å². The lowest BCUT2D eigenvalue weighted by Crippen LogP contribution is -2.48. The molecule has 0 unspecified atom stereocenters. The van der Waals surface area contributed by atoms with Gasteiger partial charge in [0.05, 0.1) is 13.2 Å². The van der Waals surface area contributed by atoms with Crippen LogP contribution >= 0.6 is 0 Å². The SMILES string of the molecule is CCOc1cc(C=O)ccc1OCC12CC3CC(CC(C3)C1)C2. The van der Waals surface area contributed by atoms with Gasteiger partial charge in [-0.15, -0.1) is 0 Å². The molecule has 4 aliphatic carbocycles. The number of hydrogen-bond acceptors (Lipinski definition) is 3. The molecule has 0 heterocycles. The maximum atomic E-state index is 11.0. The van der Waals surface area contributed by atoms with Crippen molar-refractivity contribution in [3.8, 4) is 11.5 Å². The van der Waals surface area contributed by atoms with Crippen molar-refractivity contribution in [1.29, 1.82) is 0 Å². The fourth-order valence-corrected chi connectivity index (χ4v) is 5.68. The van der Waals surface area contributed by atoms with E-state index in [0.29, 0.717) is 23.3 Å². The van der Waals surface area contributed by atoms with Crippen molar-refractivity contribution in [1.82, 2.24) is 0 Å². The lowest BCUT2D eigenvalue weighted by molar-refractivity contribution is -0.0748. The number of rotatable bonds is 6. The third-order valence-corrected chi connectivity index (χ3v) is 6.10. The van der Waals surface area contributed by atoms with E-state index in [4.69, 9.17) is 9.47 Å². The van der Waals surface area contributed by atoms with Gasteiger partial charge in [0.2, 0.25) is 0 Å². The zero-order chi connectivity index (χ0) is 15.9. The first-order valence-electron chi connectivity index (χ1n) is 9.04. The fourth-order valence-electron chi connectivity index (χ4n) is 5.68. The van der Waals surface area contributed by atoms with Gasteiger partial charge in [-0.3, -0.25) is 4.79 Å². The van der Waals surface area contributed by atoms with E-state index in [0.717, 1.165) is 36.4 Å². The van der Waals surface area contributed by atoms with Gasteiger partial charge >= 0.3 is 0 Å². The van der Waals surface area contributed by atoms with Crippen LogP contribution in [0.25, 0.3) is 0 Å². The number of aldehydes is 1. The van der Waals surface area contributed by atoms with E-state index in [1.165, 1.54) is 38.5 Å². The van der Waals surface area contributed by atoms with Crippen LogP contribution in [0.15, 0.2) is 18.2 Å². The van der Waals surface area contributed by atoms with Crippen LogP contribution in [0.3, 0.4) is 0 Å². The summed E-state index contributed by atoms with van der Waals surface area (Å²) in [6, 6.07) is 5.48. The van der Waals surface area contributed by atoms with Crippen LogP contribution in [0, 0.1) is 23.2 Å². The van der Waals surface area contributed by atoms with E-state index in [1.807, 2.05) is 19.1 Å². The second-order valence-electron chi connectivity index (χ2n) is 7.96. The van der Waals surface area contributed by atoms with E-state index in [1.54, 1.807) is 6.07 Å². The highest BCUT2D eigenvalue weighted by Gasteiger charge is 2.51. The summed E-state index contributed by atoms with van der Waals surface area (Å²) >= 11 is 0. The fraction of sp³-hybridized carbons (Fsp3) is 0.650. The maximum absolute atomic E-state index is 11.0. The molecule has 4 saturated carbocycles. The van der Waals surface area contributed by atoms with Gasteiger partial charge in [-0.05, 0) is 81.4 Å². The molecule has 3 nitrogen and oxygen atoms in total. The largest absolute Gasteiger partial charge is 0.490 e. The molecule has 0 aromatic heterocycles. The molecule has 0 N–H and O–H groups in total. The highest BCUT2D eigenvalue weighted by atomic mass is 16.5. The molecule has 0 spiro atoms. The summed E-state index contributed by atoms with van der Waals surface area (Å²) in [6.07, 6.45) is 9.25. The van der Waals surface area contributed by atoms with Crippen LogP contribution in [0.4, 0.5) is 0 Å². The maximum Gasteiger partial charge on any atom is 0.161 e. The average Bonchev–Trinajstić information content (AvgIpc) is 2.52. The van der Waals surface area contributed by atoms with Gasteiger partial charge in [0, 0.05) is 11.0 Å². The van der Waals surface area contributed by atoms with E-state index in [2.05, 4.69) is 0 Å². The third kappa shape index (κ3) is 2.86. The number of carbonyl (C=O) groups excluding carboxylic acids is 1. The van der Waals surface area contributed by atoms with Crippen LogP contribution in [0.1, 0.15) is 55.8 Å². The Bertz CT molecular complexity index is 557. The standard InChI is InChI=1S/C20H26O3/c1-2-22-19-8-14(12-21)3-4-18(19)23-13-20-9-15-5-16(10-20)7-17(6-15)11-20/h3-4,8,12,15-17H,2,5-7,9-11,13H2,1H3. The van der Waals surface area contributed by atoms with E-state index >= 15 is 0 Å². The molecule has 1 aromatic carbocycles. The van der Waals surface area contributed by atoms with Crippen molar-refractivity contribution in [2.75, 3.05) is 13.2 Å². The normalized spacial score (nSPS) is 34.4. The zero-order valence-corrected chi connectivity index (χ0v) is 13.9. The predicted octanol–water partition coefficient (Wildman–Crippen LogP) is 4.49. The lowest BCUT2D eigenvalue weighted by Gasteiger charge is -2.56. The molecule has 1 aromatic rings. The summed E-state index contributed by atoms with van der Waals surface area (Å²) in [6.45, 7) is 3.34. The Morgan fingerprint density at radius 1 is 1.04 bits per heavy atom. The smallest absolute Gasteiger partial charge is 0.161 e. The van der Waals surface area contributed by atoms with Crippen LogP contribution in [-0.2, 0) is 0 Å². The summed E-state index contributed by atoms with van der Waals surface area (Å²) in [5.74, 6) is 4.30. The summed E-state index contributed by atoms with van der Waals surface area (Å²) in [5.41, 5.74) is 1.03. The van der Waals surface area contributed by atoms with Gasteiger partial charge in [-0.1, -0.05) is 0 Å². The summed E-state index contributed by atoms with van der Waals surface area (Å²) < 4.78 is 11.9. The number of ether oxygens (including phenoxy) is 2. The molecule has 0 saturated heterocycles. The van der Waals surface area contributed by atoms with Crippen molar-refractivity contribution in [2.24, 2.45) is 23.2 Å². The Kier molecular flexibility index (Phi) is 3.82. The molecule has 3 heteroatoms. The molecule has 5 rings (SSSR count). The quantitative estimate of drug-likeness (QED) is 0.726. The molecular weight excluding hydrogens is 288 g/mol. The first-order valence-corrected chi connectivity index (χ1v) is 9.04. The van der Waals surface area contributed by atoms with Crippen LogP contribution in [0.2, 0.25) is 0 Å². The summed E-state index contributed by atoms with van der Waals surface area (Å²) in [4.78, 5) is 11.0. The topological polar surface area (TPSA) is 35.5 Å². The highest BCUT2D eigenvalue weighted by molar-refractivity contribution is 5.76. The Labute approximate surface area is 138 Å². The van der Waals surface area contributed by atoms with Crippen molar-refractivity contribution in [2.45, 2.75) is 45.4 Å². The molecule has 4 fully saturated rings. The van der Waals surface area contributed by atoms with Crippen molar-refractivity contribution >= 4 is 6.29 Å². The summed E-state index contributed by atoms with van der Waals surface area (Å²) in [7, 11) is 0. The molecule has 0 radical (unpaired) electrons. The van der Waals surface area contributed by atoms with Crippen molar-refractivity contribution in [3.63, 3.8) is 0 Å². The van der Waals surface area contributed by atoms with Crippen molar-refractivity contribution < 1.29 is 14.3 Å². The average molecular weight is 314 g/mol. The lowest BCUT2D eigenvalue weighted by atomic mass is 9.50. The Hall–Kier alpha value is -1.51. The van der Waals surface area contributed by atoms with E-state index in [-0.39, 0.29) is 0 Å². The Morgan fingerprint density at radius 2 is 1.70 bits per heavy atom. The molecule has 23 heavy (non-hydrogen) atoms. The first-order chi connectivity index (χ1) is 11.2. The third-order valence-electron chi connectivity index (χ3n) is 6.10. The molecule has 124 valence electrons. The van der Waals surface area contributed by atoms with Gasteiger partial charge in [-0.25, -0.2) is 0 Å². The van der Waals surface area contributed by atoms with Gasteiger partial charge in [-0.2, -0.15) is 0 Å². The number of benzene rings is 1. The second kappa shape index (κ2) is 5.85. The van der Waals surface area contributed by atoms with Crippen molar-refractivity contribution in [3.05, 3.63) is 23.8 Å². The minimum absolute atomic E-state index is 0.390. The predicted molar refractivity (Wildman–Crippen MR) is 89.1 cm³/mol. The second-order valence-corrected chi connectivity index (χ2v) is 7.96. The van der Waals surface area contributed by atoms with E-state index in [9.17, 15) is 4.79 Å². The molecule has 0 atom stereocenters. The molecule has 4 bridgehead atoms. The van der Waals surface area contributed by atoms with Gasteiger partial charge < -0.3 is 9.47 Å². The van der Waals surface area contributed by atoms with Crippen LogP contribution in [-0.4, -0.2) is 19.5 Å². The van der Waals surface area contributed by atoms with Gasteiger partial charge in [0.25, 0.3) is 0 Å². The minimum atomic E-state index is 0.390. The zero-order valence-electron chi connectivity index (χ0n) is 13.9. The highest BCUT2D eigenvalue weighted by Crippen LogP contribution is 2.60. The molecular formula is C20H26O3. The summed E-state index contributed by atoms with van der Waals surface area (Å²) in [5, 5.41) is 0. The number of carbonyl (C=O) groups is 1. The van der Waals surface area contributed by atoms with Gasteiger partial charge in [0.15, 0.2) is 11.5 Å². The monoisotopic (exact) mass is 314 g/mol. The molecule has 0 aliphatic heterocycles. The van der Waals surface area contributed by atoms with Gasteiger partial charge in [0.1, 0.15) is 6.29 Å². The first kappa shape index (κ1) is 15.0. The Morgan fingerprint density at radius 3 is 2.26 bits per heavy atom. The number of hydrogen-bond donors (Lipinski definition) is 0. The molecule has 4 aliphatic rings. The van der Waals surface area contributed by atoms with Crippen LogP contribution < -0.4 is 9.47 Å². The molecule has 0 amide bonds. The minimum Gasteiger partial charge on any atom is -0.490 e. The Balaban J connectivity index is 1.49. The van der Waals surface area contributed by atoms with Crippen LogP contribution in [0.5, 0.6) is 11.5 Å².